The Hall–Kier alpha value is -0.440. The molecule has 14 heavy (non-hydrogen) atoms. The predicted octanol–water partition coefficient (Wildman–Crippen LogP) is 4.40. The lowest BCUT2D eigenvalue weighted by atomic mass is 9.74. The van der Waals surface area contributed by atoms with Crippen LogP contribution in [0.5, 0.6) is 0 Å². The van der Waals surface area contributed by atoms with Crippen LogP contribution < -0.4 is 0 Å². The summed E-state index contributed by atoms with van der Waals surface area (Å²) in [6.45, 7) is 9.53. The Morgan fingerprint density at radius 1 is 0.643 bits per heavy atom. The molecule has 0 fully saturated rings. The molecule has 0 aromatic heterocycles. The van der Waals surface area contributed by atoms with E-state index in [4.69, 9.17) is 0 Å². The van der Waals surface area contributed by atoms with E-state index in [0.29, 0.717) is 10.8 Å². The summed E-state index contributed by atoms with van der Waals surface area (Å²) in [7, 11) is 0. The van der Waals surface area contributed by atoms with E-state index in [1.54, 1.807) is 0 Å². The average molecular weight is 192 g/mol. The van der Waals surface area contributed by atoms with E-state index in [0.717, 1.165) is 12.8 Å². The highest BCUT2D eigenvalue weighted by atomic mass is 14.3. The summed E-state index contributed by atoms with van der Waals surface area (Å²) >= 11 is 0. The second-order valence-electron chi connectivity index (χ2n) is 6.18. The summed E-state index contributed by atoms with van der Waals surface area (Å²) in [5, 5.41) is 0. The number of hydrogen-bond acceptors (Lipinski definition) is 0. The van der Waals surface area contributed by atoms with Crippen molar-refractivity contribution in [3.63, 3.8) is 0 Å². The van der Waals surface area contributed by atoms with Gasteiger partial charge in [-0.05, 0) is 36.5 Å². The predicted molar refractivity (Wildman–Crippen MR) is 63.0 cm³/mol. The van der Waals surface area contributed by atoms with Crippen molar-refractivity contribution in [2.24, 2.45) is 10.8 Å². The lowest BCUT2D eigenvalue weighted by molar-refractivity contribution is 0.219. The highest BCUT2D eigenvalue weighted by Gasteiger charge is 2.24. The minimum Gasteiger partial charge on any atom is -0.103 e. The van der Waals surface area contributed by atoms with Crippen LogP contribution in [0.2, 0.25) is 0 Å². The summed E-state index contributed by atoms with van der Waals surface area (Å²) in [5.74, 6) is 6.60. The molecule has 1 aliphatic carbocycles. The monoisotopic (exact) mass is 192 g/mol. The molecule has 0 saturated heterocycles. The molecule has 80 valence electrons. The van der Waals surface area contributed by atoms with Gasteiger partial charge in [0.25, 0.3) is 0 Å². The van der Waals surface area contributed by atoms with Gasteiger partial charge in [0.15, 0.2) is 0 Å². The highest BCUT2D eigenvalue weighted by Crippen LogP contribution is 2.36. The maximum atomic E-state index is 3.30. The minimum absolute atomic E-state index is 0.489. The van der Waals surface area contributed by atoms with Gasteiger partial charge in [-0.3, -0.25) is 0 Å². The van der Waals surface area contributed by atoms with E-state index in [1.165, 1.54) is 25.7 Å². The Morgan fingerprint density at radius 2 is 1.00 bits per heavy atom. The van der Waals surface area contributed by atoms with Crippen LogP contribution in [0.1, 0.15) is 66.2 Å². The zero-order valence-corrected chi connectivity index (χ0v) is 10.2. The SMILES string of the molecule is CC1(C)CCC#CCCC(C)(C)CC1. The Bertz CT molecular complexity index is 210. The summed E-state index contributed by atoms with van der Waals surface area (Å²) in [6.07, 6.45) is 7.40. The standard InChI is InChI=1S/C14H24/c1-13(2)9-7-5-6-8-10-14(3,4)12-11-13/h7-12H2,1-4H3. The van der Waals surface area contributed by atoms with E-state index >= 15 is 0 Å². The minimum atomic E-state index is 0.489. The fourth-order valence-corrected chi connectivity index (χ4v) is 1.91. The third-order valence-corrected chi connectivity index (χ3v) is 3.46. The topological polar surface area (TPSA) is 0 Å². The third kappa shape index (κ3) is 4.18. The molecule has 0 unspecified atom stereocenters. The van der Waals surface area contributed by atoms with Gasteiger partial charge in [-0.1, -0.05) is 27.7 Å². The molecule has 0 radical (unpaired) electrons. The Labute approximate surface area is 89.5 Å². The lowest BCUT2D eigenvalue weighted by Gasteiger charge is -2.31. The maximum absolute atomic E-state index is 3.30. The van der Waals surface area contributed by atoms with Gasteiger partial charge in [0.05, 0.1) is 0 Å². The third-order valence-electron chi connectivity index (χ3n) is 3.46. The van der Waals surface area contributed by atoms with Gasteiger partial charge in [-0.25, -0.2) is 0 Å². The second kappa shape index (κ2) is 4.39. The first-order valence-electron chi connectivity index (χ1n) is 5.87. The van der Waals surface area contributed by atoms with E-state index in [2.05, 4.69) is 39.5 Å². The molecule has 0 atom stereocenters. The zero-order valence-electron chi connectivity index (χ0n) is 10.2. The number of rotatable bonds is 0. The van der Waals surface area contributed by atoms with Crippen LogP contribution in [0.25, 0.3) is 0 Å². The van der Waals surface area contributed by atoms with Crippen molar-refractivity contribution in [3.05, 3.63) is 0 Å². The second-order valence-corrected chi connectivity index (χ2v) is 6.18. The summed E-state index contributed by atoms with van der Waals surface area (Å²) < 4.78 is 0. The normalized spacial score (nSPS) is 26.0. The molecule has 0 saturated carbocycles. The molecule has 0 aromatic rings. The van der Waals surface area contributed by atoms with Crippen LogP contribution in [0.4, 0.5) is 0 Å². The van der Waals surface area contributed by atoms with Gasteiger partial charge < -0.3 is 0 Å². The molecule has 0 spiro atoms. The van der Waals surface area contributed by atoms with E-state index in [9.17, 15) is 0 Å². The van der Waals surface area contributed by atoms with Crippen molar-refractivity contribution in [3.8, 4) is 11.8 Å². The molecular formula is C14H24. The Morgan fingerprint density at radius 3 is 1.36 bits per heavy atom. The first-order chi connectivity index (χ1) is 6.41. The average Bonchev–Trinajstić information content (AvgIpc) is 2.08. The Balaban J connectivity index is 2.64. The van der Waals surface area contributed by atoms with Crippen molar-refractivity contribution in [2.45, 2.75) is 66.2 Å². The maximum Gasteiger partial charge on any atom is 0.00937 e. The van der Waals surface area contributed by atoms with Crippen molar-refractivity contribution in [1.82, 2.24) is 0 Å². The summed E-state index contributed by atoms with van der Waals surface area (Å²) in [6, 6.07) is 0. The molecule has 0 aliphatic heterocycles. The molecule has 0 heterocycles. The van der Waals surface area contributed by atoms with Crippen molar-refractivity contribution in [2.75, 3.05) is 0 Å². The molecule has 0 aromatic carbocycles. The fourth-order valence-electron chi connectivity index (χ4n) is 1.91. The van der Waals surface area contributed by atoms with Crippen LogP contribution >= 0.6 is 0 Å². The highest BCUT2D eigenvalue weighted by molar-refractivity contribution is 5.01. The van der Waals surface area contributed by atoms with Crippen molar-refractivity contribution >= 4 is 0 Å². The van der Waals surface area contributed by atoms with E-state index in [-0.39, 0.29) is 0 Å². The first kappa shape index (κ1) is 11.6. The van der Waals surface area contributed by atoms with Crippen LogP contribution in [-0.2, 0) is 0 Å². The summed E-state index contributed by atoms with van der Waals surface area (Å²) in [4.78, 5) is 0. The first-order valence-corrected chi connectivity index (χ1v) is 5.87. The van der Waals surface area contributed by atoms with Crippen molar-refractivity contribution < 1.29 is 0 Å². The van der Waals surface area contributed by atoms with Crippen molar-refractivity contribution in [1.29, 1.82) is 0 Å². The smallest absolute Gasteiger partial charge is 0.00937 e. The molecule has 0 heteroatoms. The molecule has 1 rings (SSSR count). The van der Waals surface area contributed by atoms with E-state index < -0.39 is 0 Å². The lowest BCUT2D eigenvalue weighted by Crippen LogP contribution is -2.18. The van der Waals surface area contributed by atoms with Gasteiger partial charge in [0.2, 0.25) is 0 Å². The van der Waals surface area contributed by atoms with Crippen LogP contribution in [-0.4, -0.2) is 0 Å². The van der Waals surface area contributed by atoms with Gasteiger partial charge >= 0.3 is 0 Å². The largest absolute Gasteiger partial charge is 0.103 e. The molecule has 0 N–H and O–H groups in total. The molecule has 0 nitrogen and oxygen atoms in total. The van der Waals surface area contributed by atoms with Gasteiger partial charge in [0.1, 0.15) is 0 Å². The molecule has 1 aliphatic rings. The van der Waals surface area contributed by atoms with Crippen LogP contribution in [0.15, 0.2) is 0 Å². The fraction of sp³-hybridized carbons (Fsp3) is 0.857. The van der Waals surface area contributed by atoms with Crippen LogP contribution in [0.3, 0.4) is 0 Å². The zero-order chi connectivity index (χ0) is 10.7. The van der Waals surface area contributed by atoms with Gasteiger partial charge in [-0.2, -0.15) is 0 Å². The molecule has 0 amide bonds. The molecular weight excluding hydrogens is 168 g/mol. The van der Waals surface area contributed by atoms with E-state index in [1.807, 2.05) is 0 Å². The number of hydrogen-bond donors (Lipinski definition) is 0. The molecule has 0 bridgehead atoms. The van der Waals surface area contributed by atoms with Gasteiger partial charge in [0, 0.05) is 12.8 Å². The quantitative estimate of drug-likeness (QED) is 0.499. The summed E-state index contributed by atoms with van der Waals surface area (Å²) in [5.41, 5.74) is 0.979. The van der Waals surface area contributed by atoms with Crippen LogP contribution in [0, 0.1) is 22.7 Å². The Kier molecular flexibility index (Phi) is 3.65. The van der Waals surface area contributed by atoms with Gasteiger partial charge in [-0.15, -0.1) is 11.8 Å².